The van der Waals surface area contributed by atoms with E-state index in [4.69, 9.17) is 5.73 Å². The zero-order chi connectivity index (χ0) is 8.48. The molecule has 0 amide bonds. The van der Waals surface area contributed by atoms with Crippen LogP contribution in [-0.4, -0.2) is 35.4 Å². The Kier molecular flexibility index (Phi) is 2.52. The number of hydrogen-bond acceptors (Lipinski definition) is 3. The quantitative estimate of drug-likeness (QED) is 0.534. The molecule has 0 aliphatic carbocycles. The van der Waals surface area contributed by atoms with E-state index in [0.717, 1.165) is 13.0 Å². The van der Waals surface area contributed by atoms with Gasteiger partial charge in [0.2, 0.25) is 0 Å². The van der Waals surface area contributed by atoms with Crippen LogP contribution in [0.4, 0.5) is 0 Å². The monoisotopic (exact) mass is 158 g/mol. The summed E-state index contributed by atoms with van der Waals surface area (Å²) in [5.41, 5.74) is 4.58. The minimum Gasteiger partial charge on any atom is -0.375 e. The molecular weight excluding hydrogens is 140 g/mol. The second-order valence-electron chi connectivity index (χ2n) is 3.72. The Bertz CT molecular complexity index is 131. The largest absolute Gasteiger partial charge is 0.375 e. The van der Waals surface area contributed by atoms with E-state index >= 15 is 0 Å². The van der Waals surface area contributed by atoms with Crippen LogP contribution in [0.2, 0.25) is 0 Å². The number of rotatable bonds is 1. The molecule has 2 unspecified atom stereocenters. The molecule has 2 atom stereocenters. The van der Waals surface area contributed by atoms with Crippen molar-refractivity contribution in [3.05, 3.63) is 0 Å². The third-order valence-electron chi connectivity index (χ3n) is 2.45. The lowest BCUT2D eigenvalue weighted by Gasteiger charge is -2.39. The van der Waals surface area contributed by atoms with Crippen LogP contribution >= 0.6 is 0 Å². The highest BCUT2D eigenvalue weighted by Gasteiger charge is 2.32. The lowest BCUT2D eigenvalue weighted by atomic mass is 9.95. The van der Waals surface area contributed by atoms with Crippen molar-refractivity contribution in [2.24, 2.45) is 5.73 Å². The molecule has 1 aliphatic rings. The van der Waals surface area contributed by atoms with Gasteiger partial charge in [0, 0.05) is 0 Å². The van der Waals surface area contributed by atoms with Gasteiger partial charge in [0.05, 0.1) is 6.04 Å². The first kappa shape index (κ1) is 8.97. The first-order valence-corrected chi connectivity index (χ1v) is 4.23. The highest BCUT2D eigenvalue weighted by atomic mass is 16.3. The highest BCUT2D eigenvalue weighted by molar-refractivity contribution is 4.86. The van der Waals surface area contributed by atoms with Gasteiger partial charge in [-0.05, 0) is 33.4 Å². The summed E-state index contributed by atoms with van der Waals surface area (Å²) in [6.45, 7) is 2.73. The number of aliphatic hydroxyl groups is 1. The summed E-state index contributed by atoms with van der Waals surface area (Å²) >= 11 is 0. The van der Waals surface area contributed by atoms with Gasteiger partial charge in [0.15, 0.2) is 0 Å². The third kappa shape index (κ3) is 2.15. The van der Waals surface area contributed by atoms with Gasteiger partial charge in [-0.15, -0.1) is 0 Å². The molecule has 3 N–H and O–H groups in total. The van der Waals surface area contributed by atoms with Crippen molar-refractivity contribution in [1.29, 1.82) is 0 Å². The Hall–Kier alpha value is -0.120. The molecular formula is C8H18N2O. The predicted molar refractivity (Wildman–Crippen MR) is 45.1 cm³/mol. The molecule has 0 saturated carbocycles. The first-order chi connectivity index (χ1) is 5.02. The molecule has 0 aromatic heterocycles. The van der Waals surface area contributed by atoms with E-state index < -0.39 is 5.72 Å². The van der Waals surface area contributed by atoms with E-state index in [1.54, 1.807) is 6.92 Å². The average molecular weight is 158 g/mol. The van der Waals surface area contributed by atoms with Crippen LogP contribution in [0, 0.1) is 0 Å². The van der Waals surface area contributed by atoms with Crippen LogP contribution in [0.3, 0.4) is 0 Å². The van der Waals surface area contributed by atoms with Crippen molar-refractivity contribution >= 4 is 0 Å². The van der Waals surface area contributed by atoms with Crippen molar-refractivity contribution in [3.63, 3.8) is 0 Å². The Morgan fingerprint density at radius 3 is 2.55 bits per heavy atom. The van der Waals surface area contributed by atoms with E-state index in [0.29, 0.717) is 0 Å². The van der Waals surface area contributed by atoms with Crippen LogP contribution in [0.25, 0.3) is 0 Å². The molecule has 0 aromatic rings. The predicted octanol–water partition coefficient (Wildman–Crippen LogP) is 0.138. The van der Waals surface area contributed by atoms with Crippen molar-refractivity contribution in [3.8, 4) is 0 Å². The minimum absolute atomic E-state index is 0.135. The van der Waals surface area contributed by atoms with Gasteiger partial charge in [0.25, 0.3) is 0 Å². The maximum absolute atomic E-state index is 9.55. The third-order valence-corrected chi connectivity index (χ3v) is 2.45. The highest BCUT2D eigenvalue weighted by Crippen LogP contribution is 2.21. The number of likely N-dealkylation sites (tertiary alicyclic amines) is 1. The molecule has 0 radical (unpaired) electrons. The number of nitrogens with zero attached hydrogens (tertiary/aromatic N) is 1. The molecule has 1 aliphatic heterocycles. The van der Waals surface area contributed by atoms with Crippen molar-refractivity contribution in [2.75, 3.05) is 13.6 Å². The summed E-state index contributed by atoms with van der Waals surface area (Å²) in [7, 11) is 2.02. The average Bonchev–Trinajstić information content (AvgIpc) is 1.86. The van der Waals surface area contributed by atoms with E-state index in [-0.39, 0.29) is 6.04 Å². The van der Waals surface area contributed by atoms with E-state index in [1.807, 2.05) is 7.05 Å². The maximum atomic E-state index is 9.55. The second-order valence-corrected chi connectivity index (χ2v) is 3.72. The summed E-state index contributed by atoms with van der Waals surface area (Å²) < 4.78 is 0. The van der Waals surface area contributed by atoms with Crippen LogP contribution in [0.5, 0.6) is 0 Å². The number of hydrogen-bond donors (Lipinski definition) is 2. The normalized spacial score (nSPS) is 33.3. The molecule has 11 heavy (non-hydrogen) atoms. The zero-order valence-electron chi connectivity index (χ0n) is 7.38. The maximum Gasteiger partial charge on any atom is 0.126 e. The Morgan fingerprint density at radius 1 is 1.55 bits per heavy atom. The fraction of sp³-hybridized carbons (Fsp3) is 1.00. The van der Waals surface area contributed by atoms with Gasteiger partial charge in [-0.25, -0.2) is 0 Å². The van der Waals surface area contributed by atoms with Gasteiger partial charge in [-0.2, -0.15) is 0 Å². The van der Waals surface area contributed by atoms with Crippen LogP contribution in [-0.2, 0) is 0 Å². The number of piperidine rings is 1. The Morgan fingerprint density at radius 2 is 2.18 bits per heavy atom. The smallest absolute Gasteiger partial charge is 0.126 e. The lowest BCUT2D eigenvalue weighted by molar-refractivity contribution is -0.0353. The molecule has 3 heteroatoms. The molecule has 3 nitrogen and oxygen atoms in total. The summed E-state index contributed by atoms with van der Waals surface area (Å²) in [5, 5.41) is 9.55. The van der Waals surface area contributed by atoms with Gasteiger partial charge in [-0.1, -0.05) is 6.42 Å². The van der Waals surface area contributed by atoms with Crippen LogP contribution in [0.1, 0.15) is 26.2 Å². The molecule has 1 saturated heterocycles. The summed E-state index contributed by atoms with van der Waals surface area (Å²) in [6.07, 6.45) is 3.42. The fourth-order valence-corrected chi connectivity index (χ4v) is 1.81. The minimum atomic E-state index is -1.03. The van der Waals surface area contributed by atoms with Gasteiger partial charge < -0.3 is 10.8 Å². The summed E-state index contributed by atoms with van der Waals surface area (Å²) in [5.74, 6) is 0. The molecule has 1 heterocycles. The SMILES string of the molecule is CN1CCCCC1C(C)(N)O. The van der Waals surface area contributed by atoms with Gasteiger partial charge >= 0.3 is 0 Å². The lowest BCUT2D eigenvalue weighted by Crippen LogP contribution is -2.57. The van der Waals surface area contributed by atoms with Crippen LogP contribution in [0.15, 0.2) is 0 Å². The standard InChI is InChI=1S/C8H18N2O/c1-8(9,11)7-5-3-4-6-10(7)2/h7,11H,3-6,9H2,1-2H3. The number of nitrogens with two attached hydrogens (primary N) is 1. The zero-order valence-corrected chi connectivity index (χ0v) is 7.38. The van der Waals surface area contributed by atoms with E-state index in [9.17, 15) is 5.11 Å². The van der Waals surface area contributed by atoms with E-state index in [2.05, 4.69) is 4.90 Å². The molecule has 0 aromatic carbocycles. The summed E-state index contributed by atoms with van der Waals surface area (Å²) in [6, 6.07) is 0.135. The molecule has 0 bridgehead atoms. The molecule has 0 spiro atoms. The number of likely N-dealkylation sites (N-methyl/N-ethyl adjacent to an activating group) is 1. The fourth-order valence-electron chi connectivity index (χ4n) is 1.81. The molecule has 66 valence electrons. The first-order valence-electron chi connectivity index (χ1n) is 4.23. The van der Waals surface area contributed by atoms with Crippen molar-refractivity contribution in [2.45, 2.75) is 38.0 Å². The Balaban J connectivity index is 2.55. The summed E-state index contributed by atoms with van der Waals surface area (Å²) in [4.78, 5) is 2.14. The van der Waals surface area contributed by atoms with Crippen LogP contribution < -0.4 is 5.73 Å². The van der Waals surface area contributed by atoms with Crippen molar-refractivity contribution in [1.82, 2.24) is 4.90 Å². The van der Waals surface area contributed by atoms with Crippen molar-refractivity contribution < 1.29 is 5.11 Å². The molecule has 1 rings (SSSR count). The van der Waals surface area contributed by atoms with E-state index in [1.165, 1.54) is 12.8 Å². The Labute approximate surface area is 68.2 Å². The topological polar surface area (TPSA) is 49.5 Å². The molecule has 1 fully saturated rings. The second kappa shape index (κ2) is 3.09. The van der Waals surface area contributed by atoms with Gasteiger partial charge in [0.1, 0.15) is 5.72 Å². The van der Waals surface area contributed by atoms with Gasteiger partial charge in [-0.3, -0.25) is 4.90 Å².